The predicted molar refractivity (Wildman–Crippen MR) is 84.0 cm³/mol. The average Bonchev–Trinajstić information content (AvgIpc) is 2.54. The molecule has 1 heterocycles. The number of nitrogens with two attached hydrogens (primary N) is 2. The van der Waals surface area contributed by atoms with Crippen molar-refractivity contribution in [1.29, 1.82) is 0 Å². The van der Waals surface area contributed by atoms with Crippen molar-refractivity contribution in [2.75, 3.05) is 17.7 Å². The number of hydrogen-bond acceptors (Lipinski definition) is 6. The molecule has 0 fully saturated rings. The van der Waals surface area contributed by atoms with Crippen LogP contribution in [0.5, 0.6) is 6.01 Å². The van der Waals surface area contributed by atoms with Gasteiger partial charge in [0, 0.05) is 29.2 Å². The molecule has 0 spiro atoms. The van der Waals surface area contributed by atoms with Gasteiger partial charge in [0.25, 0.3) is 6.43 Å². The minimum Gasteiger partial charge on any atom is -0.457 e. The number of ether oxygens (including phenoxy) is 1. The van der Waals surface area contributed by atoms with Gasteiger partial charge in [-0.3, -0.25) is 0 Å². The molecular formula is C15H17F2N5O. The topological polar surface area (TPSA) is 99.1 Å². The zero-order chi connectivity index (χ0) is 16.8. The number of anilines is 2. The summed E-state index contributed by atoms with van der Waals surface area (Å²) in [6.45, 7) is 1.81. The number of hydrogen-bond donors (Lipinski definition) is 3. The fraction of sp³-hybridized carbons (Fsp3) is 0.200. The van der Waals surface area contributed by atoms with Crippen molar-refractivity contribution in [1.82, 2.24) is 9.97 Å². The molecule has 122 valence electrons. The van der Waals surface area contributed by atoms with E-state index < -0.39 is 6.43 Å². The Morgan fingerprint density at radius 3 is 2.91 bits per heavy atom. The van der Waals surface area contributed by atoms with Crippen LogP contribution in [-0.4, -0.2) is 16.6 Å². The number of nitrogen functional groups attached to an aromatic ring is 1. The standard InChI is InChI=1S/C15H17F2N5O/c1-9-6-21-15(22-14(9)19)23-8-11(18)7-20-12-4-2-3-10(5-12)13(16)17/h2-7,13,20H,8,18H2,1H3,(H2,19,21,22)/b11-7-. The zero-order valence-electron chi connectivity index (χ0n) is 12.5. The van der Waals surface area contributed by atoms with Crippen molar-refractivity contribution in [3.05, 3.63) is 53.5 Å². The third-order valence-electron chi connectivity index (χ3n) is 2.92. The highest BCUT2D eigenvalue weighted by Gasteiger charge is 2.06. The quantitative estimate of drug-likeness (QED) is 0.756. The molecule has 0 saturated carbocycles. The lowest BCUT2D eigenvalue weighted by Gasteiger charge is -2.08. The van der Waals surface area contributed by atoms with Crippen LogP contribution in [0.25, 0.3) is 0 Å². The lowest BCUT2D eigenvalue weighted by atomic mass is 10.2. The number of rotatable bonds is 6. The van der Waals surface area contributed by atoms with E-state index in [0.29, 0.717) is 17.2 Å². The third kappa shape index (κ3) is 4.80. The highest BCUT2D eigenvalue weighted by atomic mass is 19.3. The van der Waals surface area contributed by atoms with Gasteiger partial charge in [-0.05, 0) is 19.1 Å². The molecule has 23 heavy (non-hydrogen) atoms. The van der Waals surface area contributed by atoms with Crippen molar-refractivity contribution in [3.63, 3.8) is 0 Å². The molecule has 2 aromatic rings. The molecule has 1 aromatic carbocycles. The van der Waals surface area contributed by atoms with Gasteiger partial charge in [0.2, 0.25) is 0 Å². The van der Waals surface area contributed by atoms with E-state index >= 15 is 0 Å². The number of alkyl halides is 2. The van der Waals surface area contributed by atoms with Gasteiger partial charge in [-0.25, -0.2) is 13.8 Å². The van der Waals surface area contributed by atoms with Gasteiger partial charge in [0.1, 0.15) is 12.4 Å². The molecule has 0 bridgehead atoms. The van der Waals surface area contributed by atoms with E-state index in [4.69, 9.17) is 16.2 Å². The van der Waals surface area contributed by atoms with E-state index in [0.717, 1.165) is 5.56 Å². The summed E-state index contributed by atoms with van der Waals surface area (Å²) < 4.78 is 30.5. The van der Waals surface area contributed by atoms with E-state index in [1.54, 1.807) is 19.2 Å². The largest absolute Gasteiger partial charge is 0.457 e. The van der Waals surface area contributed by atoms with Gasteiger partial charge in [-0.2, -0.15) is 4.98 Å². The Morgan fingerprint density at radius 1 is 1.43 bits per heavy atom. The van der Waals surface area contributed by atoms with Crippen molar-refractivity contribution in [2.45, 2.75) is 13.3 Å². The Labute approximate surface area is 132 Å². The fourth-order valence-corrected chi connectivity index (χ4v) is 1.64. The molecule has 1 aromatic heterocycles. The second-order valence-corrected chi connectivity index (χ2v) is 4.80. The average molecular weight is 321 g/mol. The van der Waals surface area contributed by atoms with Gasteiger partial charge in [-0.1, -0.05) is 12.1 Å². The molecule has 6 nitrogen and oxygen atoms in total. The normalized spacial score (nSPS) is 11.6. The minimum atomic E-state index is -2.52. The first-order valence-corrected chi connectivity index (χ1v) is 6.77. The Morgan fingerprint density at radius 2 is 2.22 bits per heavy atom. The van der Waals surface area contributed by atoms with Crippen LogP contribution < -0.4 is 21.5 Å². The third-order valence-corrected chi connectivity index (χ3v) is 2.92. The predicted octanol–water partition coefficient (Wildman–Crippen LogP) is 2.60. The first kappa shape index (κ1) is 16.5. The maximum absolute atomic E-state index is 12.6. The SMILES string of the molecule is Cc1cnc(OC/C(N)=C/Nc2cccc(C(F)F)c2)nc1N. The smallest absolute Gasteiger partial charge is 0.318 e. The van der Waals surface area contributed by atoms with Crippen LogP contribution >= 0.6 is 0 Å². The maximum atomic E-state index is 12.6. The van der Waals surface area contributed by atoms with Crippen molar-refractivity contribution >= 4 is 11.5 Å². The molecule has 0 aliphatic rings. The van der Waals surface area contributed by atoms with Gasteiger partial charge in [-0.15, -0.1) is 0 Å². The second kappa shape index (κ2) is 7.39. The van der Waals surface area contributed by atoms with Crippen LogP contribution in [0, 0.1) is 6.92 Å². The van der Waals surface area contributed by atoms with Crippen LogP contribution in [-0.2, 0) is 0 Å². The lowest BCUT2D eigenvalue weighted by molar-refractivity contribution is 0.151. The summed E-state index contributed by atoms with van der Waals surface area (Å²) in [5.74, 6) is 0.333. The van der Waals surface area contributed by atoms with Crippen LogP contribution in [0.3, 0.4) is 0 Å². The fourth-order valence-electron chi connectivity index (χ4n) is 1.64. The monoisotopic (exact) mass is 321 g/mol. The van der Waals surface area contributed by atoms with E-state index in [-0.39, 0.29) is 18.2 Å². The lowest BCUT2D eigenvalue weighted by Crippen LogP contribution is -2.12. The first-order chi connectivity index (χ1) is 11.0. The molecule has 8 heteroatoms. The van der Waals surface area contributed by atoms with E-state index in [1.807, 2.05) is 0 Å². The Hall–Kier alpha value is -2.90. The van der Waals surface area contributed by atoms with Crippen LogP contribution in [0.4, 0.5) is 20.3 Å². The number of aromatic nitrogens is 2. The van der Waals surface area contributed by atoms with Crippen molar-refractivity contribution in [3.8, 4) is 6.01 Å². The molecule has 0 aliphatic heterocycles. The molecular weight excluding hydrogens is 304 g/mol. The van der Waals surface area contributed by atoms with Crippen LogP contribution in [0.2, 0.25) is 0 Å². The van der Waals surface area contributed by atoms with E-state index in [2.05, 4.69) is 15.3 Å². The van der Waals surface area contributed by atoms with Gasteiger partial charge < -0.3 is 21.5 Å². The van der Waals surface area contributed by atoms with Gasteiger partial charge in [0.15, 0.2) is 0 Å². The number of halogens is 2. The van der Waals surface area contributed by atoms with Gasteiger partial charge in [0.05, 0.1) is 5.70 Å². The molecule has 5 N–H and O–H groups in total. The van der Waals surface area contributed by atoms with Gasteiger partial charge >= 0.3 is 6.01 Å². The van der Waals surface area contributed by atoms with Crippen LogP contribution in [0.1, 0.15) is 17.6 Å². The first-order valence-electron chi connectivity index (χ1n) is 6.77. The Balaban J connectivity index is 1.92. The summed E-state index contributed by atoms with van der Waals surface area (Å²) in [7, 11) is 0. The maximum Gasteiger partial charge on any atom is 0.318 e. The number of nitrogens with one attached hydrogen (secondary N) is 1. The van der Waals surface area contributed by atoms with Crippen molar-refractivity contribution < 1.29 is 13.5 Å². The summed E-state index contributed by atoms with van der Waals surface area (Å²) in [6, 6.07) is 6.00. The summed E-state index contributed by atoms with van der Waals surface area (Å²) in [4.78, 5) is 7.91. The zero-order valence-corrected chi connectivity index (χ0v) is 12.5. The summed E-state index contributed by atoms with van der Waals surface area (Å²) in [5.41, 5.74) is 13.0. The minimum absolute atomic E-state index is 0.0318. The summed E-state index contributed by atoms with van der Waals surface area (Å²) in [6.07, 6.45) is 0.485. The molecule has 0 radical (unpaired) electrons. The summed E-state index contributed by atoms with van der Waals surface area (Å²) in [5, 5.41) is 2.83. The number of nitrogens with zero attached hydrogens (tertiary/aromatic N) is 2. The van der Waals surface area contributed by atoms with Crippen LogP contribution in [0.15, 0.2) is 42.4 Å². The number of aryl methyl sites for hydroxylation is 1. The Bertz CT molecular complexity index is 706. The molecule has 0 aliphatic carbocycles. The highest BCUT2D eigenvalue weighted by Crippen LogP contribution is 2.21. The molecule has 0 saturated heterocycles. The molecule has 2 rings (SSSR count). The molecule has 0 amide bonds. The van der Waals surface area contributed by atoms with E-state index in [9.17, 15) is 8.78 Å². The van der Waals surface area contributed by atoms with Crippen molar-refractivity contribution in [2.24, 2.45) is 5.73 Å². The van der Waals surface area contributed by atoms with E-state index in [1.165, 1.54) is 24.4 Å². The summed E-state index contributed by atoms with van der Waals surface area (Å²) >= 11 is 0. The Kier molecular flexibility index (Phi) is 5.29. The highest BCUT2D eigenvalue weighted by molar-refractivity contribution is 5.48. The molecule has 0 unspecified atom stereocenters. The second-order valence-electron chi connectivity index (χ2n) is 4.80. The molecule has 0 atom stereocenters. The number of benzene rings is 1.